The first kappa shape index (κ1) is 20.0. The summed E-state index contributed by atoms with van der Waals surface area (Å²) in [5, 5.41) is 1.68. The summed E-state index contributed by atoms with van der Waals surface area (Å²) in [7, 11) is -3.63. The van der Waals surface area contributed by atoms with Crippen molar-refractivity contribution in [3.05, 3.63) is 47.6 Å². The number of nitrogens with one attached hydrogen (secondary N) is 1. The van der Waals surface area contributed by atoms with Crippen LogP contribution in [0.5, 0.6) is 0 Å². The number of piperidine rings is 1. The molecule has 0 saturated carbocycles. The lowest BCUT2D eigenvalue weighted by atomic mass is 10.1. The average Bonchev–Trinajstić information content (AvgIpc) is 3.16. The van der Waals surface area contributed by atoms with E-state index in [1.54, 1.807) is 34.5 Å². The number of halogens is 3. The van der Waals surface area contributed by atoms with Crippen molar-refractivity contribution in [1.82, 2.24) is 14.7 Å². The molecular weight excluding hydrogens is 425 g/mol. The van der Waals surface area contributed by atoms with Crippen LogP contribution >= 0.6 is 11.3 Å². The lowest BCUT2D eigenvalue weighted by Crippen LogP contribution is -2.45. The predicted octanol–water partition coefficient (Wildman–Crippen LogP) is 3.66. The number of alkyl halides is 3. The normalized spacial score (nSPS) is 16.4. The smallest absolute Gasteiger partial charge is 0.355 e. The third kappa shape index (κ3) is 4.21. The summed E-state index contributed by atoms with van der Waals surface area (Å²) in [6.45, 7) is 0.784. The molecule has 0 spiro atoms. The van der Waals surface area contributed by atoms with E-state index >= 15 is 0 Å². The first-order valence-corrected chi connectivity index (χ1v) is 11.2. The maximum absolute atomic E-state index is 13.2. The summed E-state index contributed by atoms with van der Waals surface area (Å²) < 4.78 is 67.7. The summed E-state index contributed by atoms with van der Waals surface area (Å²) in [6, 6.07) is 9.32. The van der Waals surface area contributed by atoms with Gasteiger partial charge in [0.15, 0.2) is 5.82 Å². The number of thiophene rings is 1. The fourth-order valence-corrected chi connectivity index (χ4v) is 5.46. The van der Waals surface area contributed by atoms with Crippen LogP contribution in [0.2, 0.25) is 0 Å². The highest BCUT2D eigenvalue weighted by Crippen LogP contribution is 2.35. The molecule has 4 rings (SSSR count). The number of fused-ring (bicyclic) bond motifs is 1. The quantitative estimate of drug-likeness (QED) is 0.668. The lowest BCUT2D eigenvalue weighted by molar-refractivity contribution is -0.144. The molecule has 1 saturated heterocycles. The van der Waals surface area contributed by atoms with E-state index in [1.807, 2.05) is 0 Å². The van der Waals surface area contributed by atoms with Crippen molar-refractivity contribution in [2.75, 3.05) is 18.0 Å². The van der Waals surface area contributed by atoms with Gasteiger partial charge in [-0.05, 0) is 36.4 Å². The van der Waals surface area contributed by atoms with Crippen molar-refractivity contribution in [3.63, 3.8) is 0 Å². The van der Waals surface area contributed by atoms with Crippen molar-refractivity contribution in [2.45, 2.75) is 30.0 Å². The second kappa shape index (κ2) is 7.54. The van der Waals surface area contributed by atoms with Gasteiger partial charge in [-0.15, -0.1) is 11.3 Å². The van der Waals surface area contributed by atoms with Gasteiger partial charge in [-0.3, -0.25) is 0 Å². The van der Waals surface area contributed by atoms with Crippen LogP contribution < -0.4 is 9.62 Å². The first-order chi connectivity index (χ1) is 13.7. The van der Waals surface area contributed by atoms with Crippen molar-refractivity contribution in [1.29, 1.82) is 0 Å². The van der Waals surface area contributed by atoms with Crippen LogP contribution in [0, 0.1) is 0 Å². The summed E-state index contributed by atoms with van der Waals surface area (Å²) in [4.78, 5) is 9.35. The highest BCUT2D eigenvalue weighted by molar-refractivity contribution is 7.89. The number of hydrogen-bond acceptors (Lipinski definition) is 6. The van der Waals surface area contributed by atoms with Crippen LogP contribution in [0.1, 0.15) is 18.7 Å². The molecule has 0 bridgehead atoms. The first-order valence-electron chi connectivity index (χ1n) is 8.89. The van der Waals surface area contributed by atoms with Crippen LogP contribution in [0.3, 0.4) is 0 Å². The van der Waals surface area contributed by atoms with Crippen LogP contribution in [0.15, 0.2) is 46.7 Å². The SMILES string of the molecule is O=S(=O)(NC1CCN(c2nc(C(F)(F)F)nc3ccsc23)CC1)c1ccccc1. The number of anilines is 1. The average molecular weight is 442 g/mol. The summed E-state index contributed by atoms with van der Waals surface area (Å²) in [5.74, 6) is -0.910. The van der Waals surface area contributed by atoms with E-state index in [9.17, 15) is 21.6 Å². The Bertz CT molecular complexity index is 1110. The lowest BCUT2D eigenvalue weighted by Gasteiger charge is -2.33. The second-order valence-corrected chi connectivity index (χ2v) is 9.33. The van der Waals surface area contributed by atoms with E-state index < -0.39 is 22.0 Å². The second-order valence-electron chi connectivity index (χ2n) is 6.70. The highest BCUT2D eigenvalue weighted by atomic mass is 32.2. The molecule has 3 heterocycles. The van der Waals surface area contributed by atoms with Crippen molar-refractivity contribution in [3.8, 4) is 0 Å². The third-order valence-corrected chi connectivity index (χ3v) is 7.15. The van der Waals surface area contributed by atoms with Crippen LogP contribution in [0.25, 0.3) is 10.2 Å². The van der Waals surface area contributed by atoms with Gasteiger partial charge in [0.25, 0.3) is 0 Å². The molecule has 3 aromatic rings. The molecule has 1 fully saturated rings. The Morgan fingerprint density at radius 1 is 1.07 bits per heavy atom. The maximum atomic E-state index is 13.2. The third-order valence-electron chi connectivity index (χ3n) is 4.71. The zero-order valence-electron chi connectivity index (χ0n) is 15.1. The topological polar surface area (TPSA) is 75.2 Å². The summed E-state index contributed by atoms with van der Waals surface area (Å²) >= 11 is 1.29. The minimum Gasteiger partial charge on any atom is -0.355 e. The standard InChI is InChI=1S/C18H17F3N4O2S2/c19-18(20,21)17-22-14-8-11-28-15(14)16(23-17)25-9-6-12(7-10-25)24-29(26,27)13-4-2-1-3-5-13/h1-5,8,11-12,24H,6-7,9-10H2. The van der Waals surface area contributed by atoms with Crippen molar-refractivity contribution < 1.29 is 21.6 Å². The molecular formula is C18H17F3N4O2S2. The number of hydrogen-bond donors (Lipinski definition) is 1. The molecule has 2 aromatic heterocycles. The van der Waals surface area contributed by atoms with Crippen LogP contribution in [-0.4, -0.2) is 37.5 Å². The molecule has 1 aromatic carbocycles. The van der Waals surface area contributed by atoms with Gasteiger partial charge in [0.2, 0.25) is 15.8 Å². The van der Waals surface area contributed by atoms with Gasteiger partial charge in [0.05, 0.1) is 15.1 Å². The van der Waals surface area contributed by atoms with Gasteiger partial charge in [0, 0.05) is 19.1 Å². The van der Waals surface area contributed by atoms with Crippen molar-refractivity contribution in [2.24, 2.45) is 0 Å². The van der Waals surface area contributed by atoms with Crippen molar-refractivity contribution >= 4 is 37.4 Å². The number of benzene rings is 1. The molecule has 0 radical (unpaired) electrons. The number of rotatable bonds is 4. The fraction of sp³-hybridized carbons (Fsp3) is 0.333. The Hall–Kier alpha value is -2.24. The monoisotopic (exact) mass is 442 g/mol. The van der Waals surface area contributed by atoms with Gasteiger partial charge in [-0.25, -0.2) is 23.1 Å². The van der Waals surface area contributed by atoms with Crippen LogP contribution in [-0.2, 0) is 16.2 Å². The highest BCUT2D eigenvalue weighted by Gasteiger charge is 2.36. The van der Waals surface area contributed by atoms with E-state index in [2.05, 4.69) is 14.7 Å². The Morgan fingerprint density at radius 2 is 1.76 bits per heavy atom. The summed E-state index contributed by atoms with van der Waals surface area (Å²) in [6.07, 6.45) is -3.71. The maximum Gasteiger partial charge on any atom is 0.451 e. The molecule has 0 unspecified atom stereocenters. The van der Waals surface area contributed by atoms with Gasteiger partial charge in [0.1, 0.15) is 0 Å². The number of nitrogens with zero attached hydrogens (tertiary/aromatic N) is 3. The Kier molecular flexibility index (Phi) is 5.21. The van der Waals surface area contributed by atoms with E-state index in [0.29, 0.717) is 30.6 Å². The molecule has 1 N–H and O–H groups in total. The number of sulfonamides is 1. The van der Waals surface area contributed by atoms with E-state index in [-0.39, 0.29) is 22.3 Å². The van der Waals surface area contributed by atoms with E-state index in [4.69, 9.17) is 0 Å². The van der Waals surface area contributed by atoms with Gasteiger partial charge in [-0.1, -0.05) is 18.2 Å². The molecule has 154 valence electrons. The van der Waals surface area contributed by atoms with Gasteiger partial charge < -0.3 is 4.90 Å². The predicted molar refractivity (Wildman–Crippen MR) is 104 cm³/mol. The fourth-order valence-electron chi connectivity index (χ4n) is 3.29. The molecule has 0 atom stereocenters. The Balaban J connectivity index is 1.51. The Morgan fingerprint density at radius 3 is 2.41 bits per heavy atom. The molecule has 11 heteroatoms. The minimum atomic E-state index is -4.63. The molecule has 29 heavy (non-hydrogen) atoms. The zero-order chi connectivity index (χ0) is 20.6. The molecule has 0 aliphatic carbocycles. The minimum absolute atomic E-state index is 0.188. The molecule has 0 amide bonds. The molecule has 1 aliphatic rings. The Labute approximate surface area is 169 Å². The van der Waals surface area contributed by atoms with E-state index in [1.165, 1.54) is 23.5 Å². The molecule has 1 aliphatic heterocycles. The summed E-state index contributed by atoms with van der Waals surface area (Å²) in [5.41, 5.74) is 0.263. The van der Waals surface area contributed by atoms with E-state index in [0.717, 1.165) is 0 Å². The van der Waals surface area contributed by atoms with Gasteiger partial charge in [-0.2, -0.15) is 13.2 Å². The van der Waals surface area contributed by atoms with Gasteiger partial charge >= 0.3 is 6.18 Å². The number of aromatic nitrogens is 2. The molecule has 6 nitrogen and oxygen atoms in total. The van der Waals surface area contributed by atoms with Crippen LogP contribution in [0.4, 0.5) is 19.0 Å². The largest absolute Gasteiger partial charge is 0.451 e. The zero-order valence-corrected chi connectivity index (χ0v) is 16.7.